The quantitative estimate of drug-likeness (QED) is 0.209. The highest BCUT2D eigenvalue weighted by atomic mass is 16.7. The summed E-state index contributed by atoms with van der Waals surface area (Å²) in [5.41, 5.74) is 4.00. The second-order valence-electron chi connectivity index (χ2n) is 12.5. The van der Waals surface area contributed by atoms with E-state index in [-0.39, 0.29) is 17.8 Å². The van der Waals surface area contributed by atoms with Gasteiger partial charge in [0.05, 0.1) is 19.1 Å². The molecule has 2 unspecified atom stereocenters. The summed E-state index contributed by atoms with van der Waals surface area (Å²) >= 11 is 0. The van der Waals surface area contributed by atoms with Gasteiger partial charge in [0.15, 0.2) is 0 Å². The first kappa shape index (κ1) is 26.7. The molecule has 0 spiro atoms. The molecule has 3 fully saturated rings. The number of ether oxygens (including phenoxy) is 3. The molecule has 4 heteroatoms. The van der Waals surface area contributed by atoms with E-state index in [1.165, 1.54) is 39.2 Å². The van der Waals surface area contributed by atoms with Gasteiger partial charge in [0.25, 0.3) is 0 Å². The zero-order valence-corrected chi connectivity index (χ0v) is 23.1. The van der Waals surface area contributed by atoms with Gasteiger partial charge in [0.1, 0.15) is 6.79 Å². The molecule has 35 heavy (non-hydrogen) atoms. The maximum atomic E-state index is 11.9. The Labute approximate surface area is 213 Å². The van der Waals surface area contributed by atoms with Crippen LogP contribution in [0.3, 0.4) is 0 Å². The summed E-state index contributed by atoms with van der Waals surface area (Å²) in [4.78, 5) is 11.9. The van der Waals surface area contributed by atoms with Crippen molar-refractivity contribution in [3.63, 3.8) is 0 Å². The van der Waals surface area contributed by atoms with Crippen molar-refractivity contribution in [2.75, 3.05) is 21.0 Å². The average Bonchev–Trinajstić information content (AvgIpc) is 3.22. The third kappa shape index (κ3) is 4.82. The van der Waals surface area contributed by atoms with Crippen molar-refractivity contribution >= 4 is 5.97 Å². The Kier molecular flexibility index (Phi) is 8.03. The summed E-state index contributed by atoms with van der Waals surface area (Å²) in [6.45, 7) is 12.0. The summed E-state index contributed by atoms with van der Waals surface area (Å²) in [7, 11) is 3.18. The fourth-order valence-electron chi connectivity index (χ4n) is 8.23. The number of rotatable bonds is 8. The van der Waals surface area contributed by atoms with Crippen LogP contribution in [-0.2, 0) is 19.0 Å². The van der Waals surface area contributed by atoms with Crippen molar-refractivity contribution in [2.45, 2.75) is 85.7 Å². The van der Waals surface area contributed by atoms with E-state index < -0.39 is 0 Å². The highest BCUT2D eigenvalue weighted by molar-refractivity contribution is 5.72. The van der Waals surface area contributed by atoms with Crippen LogP contribution in [0, 0.1) is 46.3 Å². The molecule has 0 radical (unpaired) electrons. The Bertz CT molecular complexity index is 871. The molecule has 196 valence electrons. The lowest BCUT2D eigenvalue weighted by molar-refractivity contribution is -0.145. The molecule has 0 aromatic rings. The molecule has 0 amide bonds. The van der Waals surface area contributed by atoms with Crippen LogP contribution < -0.4 is 0 Å². The van der Waals surface area contributed by atoms with Gasteiger partial charge in [-0.15, -0.1) is 0 Å². The fourth-order valence-corrected chi connectivity index (χ4v) is 8.23. The number of hydrogen-bond acceptors (Lipinski definition) is 4. The van der Waals surface area contributed by atoms with Gasteiger partial charge in [-0.2, -0.15) is 0 Å². The predicted molar refractivity (Wildman–Crippen MR) is 141 cm³/mol. The third-order valence-corrected chi connectivity index (χ3v) is 10.7. The van der Waals surface area contributed by atoms with Crippen molar-refractivity contribution in [3.8, 4) is 0 Å². The van der Waals surface area contributed by atoms with Crippen molar-refractivity contribution in [2.24, 2.45) is 46.3 Å². The molecule has 4 aliphatic rings. The molecule has 0 saturated heterocycles. The normalized spacial score (nSPS) is 39.1. The predicted octanol–water partition coefficient (Wildman–Crippen LogP) is 7.11. The van der Waals surface area contributed by atoms with Gasteiger partial charge < -0.3 is 14.2 Å². The molecule has 0 aromatic heterocycles. The summed E-state index contributed by atoms with van der Waals surface area (Å²) < 4.78 is 16.1. The van der Waals surface area contributed by atoms with Crippen molar-refractivity contribution in [3.05, 3.63) is 35.5 Å². The lowest BCUT2D eigenvalue weighted by atomic mass is 9.50. The van der Waals surface area contributed by atoms with E-state index in [2.05, 4.69) is 52.0 Å². The SMILES string of the molecule is COCOC1CC[C@@]2(C)C(=CC=C3[C@@H]4CC[C@H]([C@H](C)/C=C/[C@H](C)C(C)C(=O)OC)[C@@]4(C)CC[C@@H]32)C1. The summed E-state index contributed by atoms with van der Waals surface area (Å²) in [6, 6.07) is 0. The number of hydrogen-bond donors (Lipinski definition) is 0. The number of allylic oxidation sites excluding steroid dienone is 5. The van der Waals surface area contributed by atoms with Crippen LogP contribution in [0.15, 0.2) is 35.5 Å². The Hall–Kier alpha value is -1.39. The van der Waals surface area contributed by atoms with Gasteiger partial charge in [0.2, 0.25) is 0 Å². The Morgan fingerprint density at radius 3 is 2.51 bits per heavy atom. The van der Waals surface area contributed by atoms with Crippen LogP contribution in [-0.4, -0.2) is 33.1 Å². The molecular formula is C31H48O4. The van der Waals surface area contributed by atoms with Crippen molar-refractivity contribution < 1.29 is 19.0 Å². The first-order valence-electron chi connectivity index (χ1n) is 13.9. The Balaban J connectivity index is 1.49. The molecule has 0 aliphatic heterocycles. The average molecular weight is 485 g/mol. The summed E-state index contributed by atoms with van der Waals surface area (Å²) in [5, 5.41) is 0. The van der Waals surface area contributed by atoms with Gasteiger partial charge >= 0.3 is 5.97 Å². The maximum Gasteiger partial charge on any atom is 0.308 e. The van der Waals surface area contributed by atoms with Gasteiger partial charge in [-0.05, 0) is 85.4 Å². The van der Waals surface area contributed by atoms with E-state index in [1.807, 2.05) is 6.92 Å². The molecule has 0 aromatic carbocycles. The molecular weight excluding hydrogens is 436 g/mol. The number of esters is 1. The van der Waals surface area contributed by atoms with E-state index in [4.69, 9.17) is 14.2 Å². The van der Waals surface area contributed by atoms with Crippen LogP contribution >= 0.6 is 0 Å². The number of methoxy groups -OCH3 is 2. The number of carbonyl (C=O) groups excluding carboxylic acids is 1. The smallest absolute Gasteiger partial charge is 0.308 e. The first-order valence-corrected chi connectivity index (χ1v) is 13.9. The lowest BCUT2D eigenvalue weighted by Gasteiger charge is -2.55. The highest BCUT2D eigenvalue weighted by Crippen LogP contribution is 2.66. The second-order valence-corrected chi connectivity index (χ2v) is 12.5. The monoisotopic (exact) mass is 484 g/mol. The molecule has 9 atom stereocenters. The molecule has 4 rings (SSSR count). The van der Waals surface area contributed by atoms with Crippen LogP contribution in [0.25, 0.3) is 0 Å². The maximum absolute atomic E-state index is 11.9. The molecule has 0 bridgehead atoms. The standard InChI is InChI=1S/C31H48O4/c1-20(22(3)29(32)34-7)8-9-21(2)26-12-13-27-25-11-10-23-18-24(35-19-33-6)14-16-30(23,4)28(25)15-17-31(26,27)5/h8-11,20-22,24,26-28H,12-19H2,1-7H3/b9-8+/t20-,21+,22?,24?,26+,27-,28-,30-,31+/m0/s1. The van der Waals surface area contributed by atoms with Crippen LogP contribution in [0.5, 0.6) is 0 Å². The molecule has 4 nitrogen and oxygen atoms in total. The Morgan fingerprint density at radius 1 is 1.03 bits per heavy atom. The Morgan fingerprint density at radius 2 is 1.80 bits per heavy atom. The van der Waals surface area contributed by atoms with E-state index >= 15 is 0 Å². The van der Waals surface area contributed by atoms with Gasteiger partial charge in [0, 0.05) is 7.11 Å². The van der Waals surface area contributed by atoms with Crippen molar-refractivity contribution in [1.82, 2.24) is 0 Å². The molecule has 0 heterocycles. The van der Waals surface area contributed by atoms with Crippen molar-refractivity contribution in [1.29, 1.82) is 0 Å². The number of carbonyl (C=O) groups is 1. The fraction of sp³-hybridized carbons (Fsp3) is 0.774. The zero-order valence-electron chi connectivity index (χ0n) is 23.1. The van der Waals surface area contributed by atoms with E-state index in [0.717, 1.165) is 12.8 Å². The second kappa shape index (κ2) is 10.5. The number of fused-ring (bicyclic) bond motifs is 5. The zero-order chi connectivity index (χ0) is 25.4. The molecule has 0 N–H and O–H groups in total. The van der Waals surface area contributed by atoms with E-state index in [9.17, 15) is 4.79 Å². The topological polar surface area (TPSA) is 44.8 Å². The van der Waals surface area contributed by atoms with E-state index in [1.54, 1.807) is 18.3 Å². The summed E-state index contributed by atoms with van der Waals surface area (Å²) in [5.74, 6) is 2.58. The lowest BCUT2D eigenvalue weighted by Crippen LogP contribution is -2.46. The highest BCUT2D eigenvalue weighted by Gasteiger charge is 2.56. The minimum Gasteiger partial charge on any atom is -0.469 e. The van der Waals surface area contributed by atoms with Gasteiger partial charge in [-0.3, -0.25) is 4.79 Å². The van der Waals surface area contributed by atoms with Crippen LogP contribution in [0.2, 0.25) is 0 Å². The molecule has 4 aliphatic carbocycles. The third-order valence-electron chi connectivity index (χ3n) is 10.7. The van der Waals surface area contributed by atoms with Gasteiger partial charge in [-0.1, -0.05) is 70.1 Å². The minimum absolute atomic E-state index is 0.102. The van der Waals surface area contributed by atoms with Crippen LogP contribution in [0.4, 0.5) is 0 Å². The first-order chi connectivity index (χ1) is 16.7. The molecule has 3 saturated carbocycles. The largest absolute Gasteiger partial charge is 0.469 e. The van der Waals surface area contributed by atoms with Gasteiger partial charge in [-0.25, -0.2) is 0 Å². The minimum atomic E-state index is -0.120. The van der Waals surface area contributed by atoms with E-state index in [0.29, 0.717) is 47.4 Å². The summed E-state index contributed by atoms with van der Waals surface area (Å²) in [6.07, 6.45) is 18.6. The van der Waals surface area contributed by atoms with Crippen LogP contribution in [0.1, 0.15) is 79.6 Å².